The summed E-state index contributed by atoms with van der Waals surface area (Å²) in [5.74, 6) is -0.612. The fourth-order valence-corrected chi connectivity index (χ4v) is 1.53. The highest BCUT2D eigenvalue weighted by Crippen LogP contribution is 2.19. The van der Waals surface area contributed by atoms with Crippen molar-refractivity contribution in [1.29, 1.82) is 0 Å². The van der Waals surface area contributed by atoms with E-state index in [0.29, 0.717) is 17.8 Å². The number of aliphatic hydroxyl groups excluding tert-OH is 1. The highest BCUT2D eigenvalue weighted by molar-refractivity contribution is 5.94. The maximum atomic E-state index is 13.6. The van der Waals surface area contributed by atoms with Gasteiger partial charge >= 0.3 is 0 Å². The number of aliphatic hydroxyl groups is 1. The lowest BCUT2D eigenvalue weighted by molar-refractivity contribution is 0.101. The molecule has 0 fully saturated rings. The maximum Gasteiger partial charge on any atom is 0.159 e. The maximum absolute atomic E-state index is 13.6. The fraction of sp³-hybridized carbons (Fsp3) is 0.417. The smallest absolute Gasteiger partial charge is 0.159 e. The van der Waals surface area contributed by atoms with Crippen molar-refractivity contribution in [3.8, 4) is 0 Å². The Kier molecular flexibility index (Phi) is 4.01. The van der Waals surface area contributed by atoms with Crippen LogP contribution in [0.5, 0.6) is 0 Å². The fourth-order valence-electron chi connectivity index (χ4n) is 1.53. The lowest BCUT2D eigenvalue weighted by atomic mass is 10.1. The second-order valence-corrected chi connectivity index (χ2v) is 3.95. The first-order valence-corrected chi connectivity index (χ1v) is 5.11. The predicted octanol–water partition coefficient (Wildman–Crippen LogP) is 1.85. The molecule has 0 aliphatic carbocycles. The highest BCUT2D eigenvalue weighted by atomic mass is 19.1. The van der Waals surface area contributed by atoms with Gasteiger partial charge in [0.1, 0.15) is 5.82 Å². The molecule has 1 aromatic rings. The summed E-state index contributed by atoms with van der Waals surface area (Å²) in [4.78, 5) is 12.7. The molecule has 88 valence electrons. The number of carbonyl (C=O) groups excluding carboxylic acids is 1. The van der Waals surface area contributed by atoms with E-state index in [-0.39, 0.29) is 5.78 Å². The molecule has 0 aliphatic rings. The van der Waals surface area contributed by atoms with Gasteiger partial charge in [-0.3, -0.25) is 4.79 Å². The number of anilines is 1. The molecular formula is C12H16FNO2. The van der Waals surface area contributed by atoms with Crippen molar-refractivity contribution in [3.63, 3.8) is 0 Å². The number of halogens is 1. The van der Waals surface area contributed by atoms with E-state index in [2.05, 4.69) is 0 Å². The molecule has 3 nitrogen and oxygen atoms in total. The van der Waals surface area contributed by atoms with Gasteiger partial charge in [0.05, 0.1) is 11.8 Å². The molecule has 0 radical (unpaired) electrons. The minimum absolute atomic E-state index is 0.163. The summed E-state index contributed by atoms with van der Waals surface area (Å²) in [6, 6.07) is 4.35. The standard InChI is InChI=1S/C12H16FNO2/c1-8(15)7-14(3)12-5-4-10(9(2)16)6-11(12)13/h4-6,8,15H,7H2,1-3H3. The van der Waals surface area contributed by atoms with Crippen LogP contribution in [-0.4, -0.2) is 30.6 Å². The summed E-state index contributed by atoms with van der Waals surface area (Å²) in [5.41, 5.74) is 0.734. The first-order valence-electron chi connectivity index (χ1n) is 5.11. The van der Waals surface area contributed by atoms with Gasteiger partial charge in [-0.25, -0.2) is 4.39 Å². The Morgan fingerprint density at radius 2 is 2.19 bits per heavy atom. The number of benzene rings is 1. The van der Waals surface area contributed by atoms with Gasteiger partial charge in [-0.15, -0.1) is 0 Å². The minimum Gasteiger partial charge on any atom is -0.392 e. The average molecular weight is 225 g/mol. The van der Waals surface area contributed by atoms with Gasteiger partial charge in [0.2, 0.25) is 0 Å². The summed E-state index contributed by atoms with van der Waals surface area (Å²) in [6.07, 6.45) is -0.531. The van der Waals surface area contributed by atoms with E-state index in [9.17, 15) is 14.3 Å². The van der Waals surface area contributed by atoms with Gasteiger partial charge in [0.15, 0.2) is 5.78 Å². The highest BCUT2D eigenvalue weighted by Gasteiger charge is 2.11. The molecule has 1 aromatic carbocycles. The van der Waals surface area contributed by atoms with Crippen molar-refractivity contribution >= 4 is 11.5 Å². The first kappa shape index (κ1) is 12.6. The van der Waals surface area contributed by atoms with E-state index in [4.69, 9.17) is 0 Å². The summed E-state index contributed by atoms with van der Waals surface area (Å²) in [6.45, 7) is 3.38. The molecule has 1 atom stereocenters. The number of nitrogens with zero attached hydrogens (tertiary/aromatic N) is 1. The Bertz CT molecular complexity index is 391. The van der Waals surface area contributed by atoms with Crippen LogP contribution < -0.4 is 4.90 Å². The van der Waals surface area contributed by atoms with Gasteiger partial charge in [-0.05, 0) is 32.0 Å². The molecule has 0 saturated heterocycles. The second kappa shape index (κ2) is 5.07. The van der Waals surface area contributed by atoms with Gasteiger partial charge < -0.3 is 10.0 Å². The van der Waals surface area contributed by atoms with Crippen molar-refractivity contribution < 1.29 is 14.3 Å². The van der Waals surface area contributed by atoms with Crippen LogP contribution in [0.25, 0.3) is 0 Å². The Morgan fingerprint density at radius 3 is 2.62 bits per heavy atom. The number of ketones is 1. The number of hydrogen-bond donors (Lipinski definition) is 1. The van der Waals surface area contributed by atoms with Gasteiger partial charge in [0.25, 0.3) is 0 Å². The molecule has 1 N–H and O–H groups in total. The first-order chi connectivity index (χ1) is 7.41. The number of likely N-dealkylation sites (N-methyl/N-ethyl adjacent to an activating group) is 1. The molecule has 0 aliphatic heterocycles. The van der Waals surface area contributed by atoms with Crippen molar-refractivity contribution in [2.75, 3.05) is 18.5 Å². The van der Waals surface area contributed by atoms with Crippen LogP contribution in [0.2, 0.25) is 0 Å². The number of hydrogen-bond acceptors (Lipinski definition) is 3. The van der Waals surface area contributed by atoms with Crippen LogP contribution in [0.15, 0.2) is 18.2 Å². The third-order valence-corrected chi connectivity index (χ3v) is 2.30. The molecular weight excluding hydrogens is 209 g/mol. The van der Waals surface area contributed by atoms with E-state index in [1.54, 1.807) is 31.0 Å². The largest absolute Gasteiger partial charge is 0.392 e. The molecule has 0 amide bonds. The normalized spacial score (nSPS) is 12.3. The zero-order valence-corrected chi connectivity index (χ0v) is 9.70. The van der Waals surface area contributed by atoms with Crippen LogP contribution >= 0.6 is 0 Å². The van der Waals surface area contributed by atoms with E-state index in [1.165, 1.54) is 13.0 Å². The van der Waals surface area contributed by atoms with Gasteiger partial charge in [-0.1, -0.05) is 0 Å². The third kappa shape index (κ3) is 3.03. The molecule has 4 heteroatoms. The van der Waals surface area contributed by atoms with Crippen molar-refractivity contribution in [2.45, 2.75) is 20.0 Å². The number of carbonyl (C=O) groups is 1. The minimum atomic E-state index is -0.531. The van der Waals surface area contributed by atoms with Crippen LogP contribution in [0.1, 0.15) is 24.2 Å². The monoisotopic (exact) mass is 225 g/mol. The molecule has 0 spiro atoms. The van der Waals surface area contributed by atoms with E-state index in [1.807, 2.05) is 0 Å². The summed E-state index contributed by atoms with van der Waals surface area (Å²) in [5, 5.41) is 9.20. The molecule has 0 aromatic heterocycles. The number of Topliss-reactive ketones (excluding diaryl/α,β-unsaturated/α-hetero) is 1. The molecule has 16 heavy (non-hydrogen) atoms. The second-order valence-electron chi connectivity index (χ2n) is 3.95. The van der Waals surface area contributed by atoms with Crippen LogP contribution in [0.4, 0.5) is 10.1 Å². The zero-order valence-electron chi connectivity index (χ0n) is 9.70. The SMILES string of the molecule is CC(=O)c1ccc(N(C)CC(C)O)c(F)c1. The summed E-state index contributed by atoms with van der Waals surface area (Å²) >= 11 is 0. The van der Waals surface area contributed by atoms with Crippen LogP contribution in [0.3, 0.4) is 0 Å². The van der Waals surface area contributed by atoms with Gasteiger partial charge in [0, 0.05) is 19.2 Å². The van der Waals surface area contributed by atoms with E-state index in [0.717, 1.165) is 0 Å². The molecule has 0 heterocycles. The topological polar surface area (TPSA) is 40.5 Å². The van der Waals surface area contributed by atoms with Crippen molar-refractivity contribution in [2.24, 2.45) is 0 Å². The predicted molar refractivity (Wildman–Crippen MR) is 61.4 cm³/mol. The summed E-state index contributed by atoms with van der Waals surface area (Å²) < 4.78 is 13.6. The average Bonchev–Trinajstić information content (AvgIpc) is 2.15. The Balaban J connectivity index is 2.94. The quantitative estimate of drug-likeness (QED) is 0.795. The Morgan fingerprint density at radius 1 is 1.56 bits per heavy atom. The Labute approximate surface area is 94.5 Å². The number of rotatable bonds is 4. The zero-order chi connectivity index (χ0) is 12.3. The lowest BCUT2D eigenvalue weighted by Gasteiger charge is -2.21. The van der Waals surface area contributed by atoms with Crippen molar-refractivity contribution in [1.82, 2.24) is 0 Å². The van der Waals surface area contributed by atoms with Crippen molar-refractivity contribution in [3.05, 3.63) is 29.6 Å². The molecule has 1 rings (SSSR count). The molecule has 0 saturated carbocycles. The van der Waals surface area contributed by atoms with E-state index >= 15 is 0 Å². The third-order valence-electron chi connectivity index (χ3n) is 2.30. The van der Waals surface area contributed by atoms with Gasteiger partial charge in [-0.2, -0.15) is 0 Å². The molecule has 0 bridgehead atoms. The van der Waals surface area contributed by atoms with Crippen LogP contribution in [0, 0.1) is 5.82 Å². The van der Waals surface area contributed by atoms with Crippen LogP contribution in [-0.2, 0) is 0 Å². The van der Waals surface area contributed by atoms with E-state index < -0.39 is 11.9 Å². The Hall–Kier alpha value is -1.42. The summed E-state index contributed by atoms with van der Waals surface area (Å²) in [7, 11) is 1.69. The molecule has 1 unspecified atom stereocenters. The lowest BCUT2D eigenvalue weighted by Crippen LogP contribution is -2.27.